The van der Waals surface area contributed by atoms with Crippen molar-refractivity contribution >= 4 is 5.82 Å². The highest BCUT2D eigenvalue weighted by molar-refractivity contribution is 5.36. The summed E-state index contributed by atoms with van der Waals surface area (Å²) in [5.74, 6) is 2.94. The minimum Gasteiger partial charge on any atom is -0.363 e. The van der Waals surface area contributed by atoms with Crippen molar-refractivity contribution in [1.29, 1.82) is 0 Å². The molecule has 0 amide bonds. The van der Waals surface area contributed by atoms with Crippen molar-refractivity contribution in [1.82, 2.24) is 15.1 Å². The van der Waals surface area contributed by atoms with E-state index in [1.807, 2.05) is 19.1 Å². The summed E-state index contributed by atoms with van der Waals surface area (Å²) in [4.78, 5) is 8.76. The smallest absolute Gasteiger partial charge is 0.156 e. The number of nitrogens with one attached hydrogen (secondary N) is 1. The molecule has 0 atom stereocenters. The molecule has 0 aliphatic heterocycles. The van der Waals surface area contributed by atoms with Crippen molar-refractivity contribution in [3.05, 3.63) is 35.1 Å². The number of hydrogen-bond acceptors (Lipinski definition) is 5. The first-order valence-electron chi connectivity index (χ1n) is 7.70. The minimum absolute atomic E-state index is 0.482. The molecule has 2 rings (SSSR count). The molecule has 1 N–H and O–H groups in total. The minimum atomic E-state index is 0.482. The molecular weight excluding hydrogens is 264 g/mol. The maximum absolute atomic E-state index is 5.40. The fraction of sp³-hybridized carbons (Fsp3) is 0.562. The van der Waals surface area contributed by atoms with Crippen LogP contribution in [0.2, 0.25) is 0 Å². The van der Waals surface area contributed by atoms with Gasteiger partial charge in [-0.1, -0.05) is 25.9 Å². The van der Waals surface area contributed by atoms with Gasteiger partial charge >= 0.3 is 0 Å². The number of anilines is 1. The molecule has 5 nitrogen and oxygen atoms in total. The fourth-order valence-corrected chi connectivity index (χ4v) is 2.39. The Labute approximate surface area is 126 Å². The Balaban J connectivity index is 2.01. The molecule has 2 heterocycles. The topological polar surface area (TPSA) is 63.8 Å². The molecule has 0 aromatic carbocycles. The Morgan fingerprint density at radius 2 is 1.90 bits per heavy atom. The van der Waals surface area contributed by atoms with E-state index in [9.17, 15) is 0 Å². The molecule has 0 saturated heterocycles. The van der Waals surface area contributed by atoms with E-state index in [2.05, 4.69) is 41.2 Å². The lowest BCUT2D eigenvalue weighted by Gasteiger charge is -2.06. The summed E-state index contributed by atoms with van der Waals surface area (Å²) < 4.78 is 5.40. The molecule has 0 bridgehead atoms. The van der Waals surface area contributed by atoms with Crippen molar-refractivity contribution < 1.29 is 4.52 Å². The number of nitrogens with zero attached hydrogens (tertiary/aromatic N) is 3. The van der Waals surface area contributed by atoms with Gasteiger partial charge in [-0.05, 0) is 26.2 Å². The van der Waals surface area contributed by atoms with Gasteiger partial charge in [0.25, 0.3) is 0 Å². The highest BCUT2D eigenvalue weighted by atomic mass is 16.5. The SMILES string of the molecule is CCc1cc(NCc2cc(C(CC)CC)no2)nc(C)n1. The van der Waals surface area contributed by atoms with Crippen LogP contribution in [0, 0.1) is 6.92 Å². The molecule has 0 spiro atoms. The van der Waals surface area contributed by atoms with E-state index in [4.69, 9.17) is 4.52 Å². The first kappa shape index (κ1) is 15.5. The van der Waals surface area contributed by atoms with E-state index < -0.39 is 0 Å². The van der Waals surface area contributed by atoms with E-state index in [0.717, 1.165) is 48.1 Å². The highest BCUT2D eigenvalue weighted by Crippen LogP contribution is 2.22. The molecule has 0 fully saturated rings. The lowest BCUT2D eigenvalue weighted by Crippen LogP contribution is -2.04. The van der Waals surface area contributed by atoms with Gasteiger partial charge in [0.1, 0.15) is 11.6 Å². The highest BCUT2D eigenvalue weighted by Gasteiger charge is 2.13. The molecule has 5 heteroatoms. The standard InChI is InChI=1S/C16H24N4O/c1-5-12(6-2)15-9-14(21-20-15)10-17-16-8-13(7-3)18-11(4)19-16/h8-9,12H,5-7,10H2,1-4H3,(H,17,18,19). The van der Waals surface area contributed by atoms with Crippen LogP contribution in [0.15, 0.2) is 16.7 Å². The van der Waals surface area contributed by atoms with Crippen LogP contribution < -0.4 is 5.32 Å². The van der Waals surface area contributed by atoms with Crippen LogP contribution in [0.4, 0.5) is 5.82 Å². The van der Waals surface area contributed by atoms with Crippen LogP contribution >= 0.6 is 0 Å². The molecule has 21 heavy (non-hydrogen) atoms. The average molecular weight is 288 g/mol. The Bertz CT molecular complexity index is 575. The zero-order valence-corrected chi connectivity index (χ0v) is 13.3. The number of aromatic nitrogens is 3. The summed E-state index contributed by atoms with van der Waals surface area (Å²) in [6.45, 7) is 8.94. The number of aryl methyl sites for hydroxylation is 2. The van der Waals surface area contributed by atoms with Gasteiger partial charge in [-0.2, -0.15) is 0 Å². The summed E-state index contributed by atoms with van der Waals surface area (Å²) in [5, 5.41) is 7.45. The quantitative estimate of drug-likeness (QED) is 0.838. The average Bonchev–Trinajstić information content (AvgIpc) is 2.94. The Morgan fingerprint density at radius 1 is 1.14 bits per heavy atom. The van der Waals surface area contributed by atoms with E-state index in [1.165, 1.54) is 0 Å². The van der Waals surface area contributed by atoms with Crippen molar-refractivity contribution in [2.75, 3.05) is 5.32 Å². The van der Waals surface area contributed by atoms with Crippen LogP contribution in [0.1, 0.15) is 62.5 Å². The van der Waals surface area contributed by atoms with Crippen LogP contribution in [-0.2, 0) is 13.0 Å². The number of hydrogen-bond donors (Lipinski definition) is 1. The summed E-state index contributed by atoms with van der Waals surface area (Å²) in [7, 11) is 0. The molecule has 0 saturated carbocycles. The van der Waals surface area contributed by atoms with Crippen molar-refractivity contribution in [2.45, 2.75) is 59.4 Å². The zero-order valence-electron chi connectivity index (χ0n) is 13.3. The Hall–Kier alpha value is -1.91. The van der Waals surface area contributed by atoms with E-state index in [-0.39, 0.29) is 0 Å². The predicted octanol–water partition coefficient (Wildman–Crippen LogP) is 3.85. The second kappa shape index (κ2) is 7.20. The van der Waals surface area contributed by atoms with Crippen LogP contribution in [0.3, 0.4) is 0 Å². The van der Waals surface area contributed by atoms with Crippen LogP contribution in [-0.4, -0.2) is 15.1 Å². The second-order valence-electron chi connectivity index (χ2n) is 5.23. The molecule has 0 aliphatic rings. The molecule has 2 aromatic heterocycles. The van der Waals surface area contributed by atoms with Gasteiger partial charge in [0.2, 0.25) is 0 Å². The number of rotatable bonds is 7. The van der Waals surface area contributed by atoms with Gasteiger partial charge < -0.3 is 9.84 Å². The van der Waals surface area contributed by atoms with Gasteiger partial charge in [-0.15, -0.1) is 0 Å². The lowest BCUT2D eigenvalue weighted by molar-refractivity contribution is 0.375. The zero-order chi connectivity index (χ0) is 15.2. The molecule has 0 radical (unpaired) electrons. The largest absolute Gasteiger partial charge is 0.363 e. The first-order chi connectivity index (χ1) is 10.2. The first-order valence-corrected chi connectivity index (χ1v) is 7.70. The summed E-state index contributed by atoms with van der Waals surface area (Å²) in [6.07, 6.45) is 3.07. The summed E-state index contributed by atoms with van der Waals surface area (Å²) in [5.41, 5.74) is 2.09. The normalized spacial score (nSPS) is 11.1. The fourth-order valence-electron chi connectivity index (χ4n) is 2.39. The van der Waals surface area contributed by atoms with E-state index >= 15 is 0 Å². The van der Waals surface area contributed by atoms with Gasteiger partial charge in [-0.3, -0.25) is 0 Å². The van der Waals surface area contributed by atoms with Crippen molar-refractivity contribution in [3.63, 3.8) is 0 Å². The second-order valence-corrected chi connectivity index (χ2v) is 5.23. The third kappa shape index (κ3) is 4.03. The maximum atomic E-state index is 5.40. The lowest BCUT2D eigenvalue weighted by atomic mass is 9.99. The van der Waals surface area contributed by atoms with E-state index in [1.54, 1.807) is 0 Å². The Morgan fingerprint density at radius 3 is 2.57 bits per heavy atom. The maximum Gasteiger partial charge on any atom is 0.156 e. The monoisotopic (exact) mass is 288 g/mol. The third-order valence-electron chi connectivity index (χ3n) is 3.68. The van der Waals surface area contributed by atoms with Crippen LogP contribution in [0.5, 0.6) is 0 Å². The van der Waals surface area contributed by atoms with Crippen molar-refractivity contribution in [2.24, 2.45) is 0 Å². The van der Waals surface area contributed by atoms with Gasteiger partial charge in [0.05, 0.1) is 12.2 Å². The van der Waals surface area contributed by atoms with Gasteiger partial charge in [-0.25, -0.2) is 9.97 Å². The Kier molecular flexibility index (Phi) is 5.31. The predicted molar refractivity (Wildman–Crippen MR) is 83.3 cm³/mol. The third-order valence-corrected chi connectivity index (χ3v) is 3.68. The molecular formula is C16H24N4O. The molecule has 0 aliphatic carbocycles. The summed E-state index contributed by atoms with van der Waals surface area (Å²) >= 11 is 0. The molecule has 0 unspecified atom stereocenters. The van der Waals surface area contributed by atoms with Gasteiger partial charge in [0, 0.05) is 23.7 Å². The molecule has 2 aromatic rings. The molecule has 114 valence electrons. The van der Waals surface area contributed by atoms with Gasteiger partial charge in [0.15, 0.2) is 5.76 Å². The van der Waals surface area contributed by atoms with Crippen LogP contribution in [0.25, 0.3) is 0 Å². The van der Waals surface area contributed by atoms with E-state index in [0.29, 0.717) is 12.5 Å². The summed E-state index contributed by atoms with van der Waals surface area (Å²) in [6, 6.07) is 4.02. The van der Waals surface area contributed by atoms with Crippen molar-refractivity contribution in [3.8, 4) is 0 Å².